The van der Waals surface area contributed by atoms with Crippen LogP contribution in [-0.2, 0) is 0 Å². The standard InChI is InChI=1S/C21H46NO.HI/c1-4-5-6-7-8-9-10-11-12-13-14-15-16-19-22(2,3)20-17-18-21-23;/h23H,4-21H2,1-3H3;1H/q+1;/p-1. The lowest BCUT2D eigenvalue weighted by molar-refractivity contribution is -0.890. The van der Waals surface area contributed by atoms with Crippen LogP contribution >= 0.6 is 0 Å². The minimum Gasteiger partial charge on any atom is -1.00 e. The van der Waals surface area contributed by atoms with Crippen molar-refractivity contribution in [3.63, 3.8) is 0 Å². The SMILES string of the molecule is CCCCCCCCCCCCCCC[N+](C)(C)CCCCO.[I-]. The van der Waals surface area contributed by atoms with Crippen molar-refractivity contribution in [1.82, 2.24) is 0 Å². The van der Waals surface area contributed by atoms with Gasteiger partial charge in [0.25, 0.3) is 0 Å². The normalized spacial score (nSPS) is 11.5. The van der Waals surface area contributed by atoms with Crippen LogP contribution in [0.1, 0.15) is 103 Å². The molecule has 0 rings (SSSR count). The van der Waals surface area contributed by atoms with Crippen LogP contribution in [0, 0.1) is 0 Å². The molecule has 0 amide bonds. The van der Waals surface area contributed by atoms with Gasteiger partial charge in [-0.1, -0.05) is 77.6 Å². The van der Waals surface area contributed by atoms with E-state index in [0.717, 1.165) is 17.3 Å². The Morgan fingerprint density at radius 3 is 1.25 bits per heavy atom. The molecule has 0 radical (unpaired) electrons. The molecule has 0 aromatic carbocycles. The number of rotatable bonds is 18. The fourth-order valence-electron chi connectivity index (χ4n) is 3.32. The smallest absolute Gasteiger partial charge is 0.0783 e. The van der Waals surface area contributed by atoms with E-state index in [-0.39, 0.29) is 24.0 Å². The van der Waals surface area contributed by atoms with E-state index in [1.165, 1.54) is 96.6 Å². The van der Waals surface area contributed by atoms with Gasteiger partial charge in [0.1, 0.15) is 0 Å². The third-order valence-corrected chi connectivity index (χ3v) is 5.04. The Morgan fingerprint density at radius 1 is 0.542 bits per heavy atom. The maximum atomic E-state index is 8.86. The fraction of sp³-hybridized carbons (Fsp3) is 1.00. The second-order valence-electron chi connectivity index (χ2n) is 8.06. The van der Waals surface area contributed by atoms with E-state index in [9.17, 15) is 0 Å². The molecule has 0 unspecified atom stereocenters. The van der Waals surface area contributed by atoms with Crippen molar-refractivity contribution in [3.8, 4) is 0 Å². The predicted octanol–water partition coefficient (Wildman–Crippen LogP) is 2.93. The Kier molecular flexibility index (Phi) is 22.4. The number of hydrogen-bond acceptors (Lipinski definition) is 1. The molecule has 1 N–H and O–H groups in total. The highest BCUT2D eigenvalue weighted by molar-refractivity contribution is 4.49. The summed E-state index contributed by atoms with van der Waals surface area (Å²) < 4.78 is 1.12. The lowest BCUT2D eigenvalue weighted by Crippen LogP contribution is -3.00. The first-order valence-corrected chi connectivity index (χ1v) is 10.6. The van der Waals surface area contributed by atoms with Crippen molar-refractivity contribution < 1.29 is 33.6 Å². The molecule has 0 aliphatic carbocycles. The minimum absolute atomic E-state index is 0. The number of unbranched alkanes of at least 4 members (excludes halogenated alkanes) is 13. The maximum absolute atomic E-state index is 8.86. The molecule has 0 saturated heterocycles. The van der Waals surface area contributed by atoms with Gasteiger partial charge in [-0.3, -0.25) is 0 Å². The van der Waals surface area contributed by atoms with Crippen molar-refractivity contribution >= 4 is 0 Å². The lowest BCUT2D eigenvalue weighted by Gasteiger charge is -2.29. The summed E-state index contributed by atoms with van der Waals surface area (Å²) in [4.78, 5) is 0. The molecule has 0 fully saturated rings. The average Bonchev–Trinajstić information content (AvgIpc) is 2.52. The minimum atomic E-state index is 0. The van der Waals surface area contributed by atoms with Gasteiger partial charge in [0.2, 0.25) is 0 Å². The maximum Gasteiger partial charge on any atom is 0.0783 e. The first-order chi connectivity index (χ1) is 11.1. The summed E-state index contributed by atoms with van der Waals surface area (Å²) in [7, 11) is 4.66. The Balaban J connectivity index is 0. The van der Waals surface area contributed by atoms with Crippen LogP contribution in [0.15, 0.2) is 0 Å². The van der Waals surface area contributed by atoms with Crippen LogP contribution in [-0.4, -0.2) is 43.4 Å². The topological polar surface area (TPSA) is 20.2 Å². The molecule has 0 aromatic heterocycles. The number of quaternary nitrogens is 1. The number of aliphatic hydroxyl groups excluding tert-OH is 1. The first kappa shape index (κ1) is 26.9. The molecule has 0 aliphatic rings. The summed E-state index contributed by atoms with van der Waals surface area (Å²) in [6.45, 7) is 5.14. The molecule has 0 aromatic rings. The van der Waals surface area contributed by atoms with Gasteiger partial charge in [-0.05, 0) is 25.7 Å². The Morgan fingerprint density at radius 2 is 0.875 bits per heavy atom. The van der Waals surface area contributed by atoms with Gasteiger partial charge in [0.15, 0.2) is 0 Å². The molecular weight excluding hydrogens is 409 g/mol. The van der Waals surface area contributed by atoms with E-state index in [0.29, 0.717) is 6.61 Å². The molecule has 3 heteroatoms. The van der Waals surface area contributed by atoms with Crippen molar-refractivity contribution in [2.75, 3.05) is 33.8 Å². The van der Waals surface area contributed by atoms with E-state index in [1.54, 1.807) is 0 Å². The second kappa shape index (κ2) is 20.0. The molecule has 2 nitrogen and oxygen atoms in total. The van der Waals surface area contributed by atoms with Gasteiger partial charge in [0, 0.05) is 6.61 Å². The Bertz CT molecular complexity index is 234. The van der Waals surface area contributed by atoms with Gasteiger partial charge in [-0.2, -0.15) is 0 Å². The Labute approximate surface area is 170 Å². The zero-order valence-electron chi connectivity index (χ0n) is 17.0. The van der Waals surface area contributed by atoms with Gasteiger partial charge >= 0.3 is 0 Å². The van der Waals surface area contributed by atoms with E-state index in [2.05, 4.69) is 21.0 Å². The van der Waals surface area contributed by atoms with Crippen LogP contribution in [0.2, 0.25) is 0 Å². The lowest BCUT2D eigenvalue weighted by atomic mass is 10.0. The third kappa shape index (κ3) is 20.7. The van der Waals surface area contributed by atoms with E-state index in [4.69, 9.17) is 5.11 Å². The molecule has 0 heterocycles. The summed E-state index contributed by atoms with van der Waals surface area (Å²) in [5, 5.41) is 8.86. The molecule has 0 aliphatic heterocycles. The summed E-state index contributed by atoms with van der Waals surface area (Å²) in [6, 6.07) is 0. The van der Waals surface area contributed by atoms with Crippen LogP contribution in [0.4, 0.5) is 0 Å². The largest absolute Gasteiger partial charge is 1.00 e. The van der Waals surface area contributed by atoms with Crippen molar-refractivity contribution in [2.45, 2.75) is 103 Å². The highest BCUT2D eigenvalue weighted by Gasteiger charge is 2.13. The molecule has 0 atom stereocenters. The van der Waals surface area contributed by atoms with Crippen molar-refractivity contribution in [3.05, 3.63) is 0 Å². The van der Waals surface area contributed by atoms with Gasteiger partial charge in [0.05, 0.1) is 27.2 Å². The van der Waals surface area contributed by atoms with Crippen LogP contribution in [0.3, 0.4) is 0 Å². The van der Waals surface area contributed by atoms with E-state index in [1.807, 2.05) is 0 Å². The summed E-state index contributed by atoms with van der Waals surface area (Å²) in [6.07, 6.45) is 20.7. The quantitative estimate of drug-likeness (QED) is 0.192. The summed E-state index contributed by atoms with van der Waals surface area (Å²) >= 11 is 0. The molecule has 0 spiro atoms. The summed E-state index contributed by atoms with van der Waals surface area (Å²) in [5.74, 6) is 0. The molecule has 148 valence electrons. The molecular formula is C21H46INO. The number of aliphatic hydroxyl groups is 1. The average molecular weight is 456 g/mol. The van der Waals surface area contributed by atoms with Crippen molar-refractivity contribution in [1.29, 1.82) is 0 Å². The molecule has 24 heavy (non-hydrogen) atoms. The van der Waals surface area contributed by atoms with Gasteiger partial charge < -0.3 is 33.6 Å². The monoisotopic (exact) mass is 455 g/mol. The number of hydrogen-bond donors (Lipinski definition) is 1. The highest BCUT2D eigenvalue weighted by Crippen LogP contribution is 2.13. The predicted molar refractivity (Wildman–Crippen MR) is 104 cm³/mol. The van der Waals surface area contributed by atoms with E-state index >= 15 is 0 Å². The highest BCUT2D eigenvalue weighted by atomic mass is 127. The van der Waals surface area contributed by atoms with Crippen LogP contribution in [0.5, 0.6) is 0 Å². The fourth-order valence-corrected chi connectivity index (χ4v) is 3.32. The van der Waals surface area contributed by atoms with Crippen LogP contribution in [0.25, 0.3) is 0 Å². The molecule has 0 bridgehead atoms. The summed E-state index contributed by atoms with van der Waals surface area (Å²) in [5.41, 5.74) is 0. The van der Waals surface area contributed by atoms with Crippen LogP contribution < -0.4 is 24.0 Å². The first-order valence-electron chi connectivity index (χ1n) is 10.6. The number of nitrogens with zero attached hydrogens (tertiary/aromatic N) is 1. The van der Waals surface area contributed by atoms with Gasteiger partial charge in [-0.15, -0.1) is 0 Å². The van der Waals surface area contributed by atoms with Crippen molar-refractivity contribution in [2.24, 2.45) is 0 Å². The number of halogens is 1. The van der Waals surface area contributed by atoms with Gasteiger partial charge in [-0.25, -0.2) is 0 Å². The Hall–Kier alpha value is 0.650. The zero-order chi connectivity index (χ0) is 17.2. The third-order valence-electron chi connectivity index (χ3n) is 5.04. The second-order valence-corrected chi connectivity index (χ2v) is 8.06. The zero-order valence-corrected chi connectivity index (χ0v) is 19.2. The van der Waals surface area contributed by atoms with E-state index < -0.39 is 0 Å². The molecule has 0 saturated carbocycles.